The third kappa shape index (κ3) is 3.21. The molecule has 0 bridgehead atoms. The lowest BCUT2D eigenvalue weighted by Gasteiger charge is -2.05. The highest BCUT2D eigenvalue weighted by Gasteiger charge is 2.19. The van der Waals surface area contributed by atoms with Crippen LogP contribution in [0, 0.1) is 13.8 Å². The van der Waals surface area contributed by atoms with E-state index in [1.807, 2.05) is 60.1 Å². The number of carbonyl (C=O) groups excluding carboxylic acids is 1. The maximum Gasteiger partial charge on any atom is 0.266 e. The van der Waals surface area contributed by atoms with Crippen LogP contribution in [0.1, 0.15) is 20.8 Å². The zero-order valence-corrected chi connectivity index (χ0v) is 18.0. The van der Waals surface area contributed by atoms with Gasteiger partial charge in [0, 0.05) is 30.7 Å². The average molecular weight is 430 g/mol. The average Bonchev–Trinajstić information content (AvgIpc) is 3.34. The van der Waals surface area contributed by atoms with Gasteiger partial charge in [-0.1, -0.05) is 18.2 Å². The first-order valence-corrected chi connectivity index (χ1v) is 10.5. The second kappa shape index (κ2) is 7.17. The molecular weight excluding hydrogens is 410 g/mol. The smallest absolute Gasteiger partial charge is 0.266 e. The van der Waals surface area contributed by atoms with Crippen molar-refractivity contribution in [1.82, 2.24) is 18.9 Å². The van der Waals surface area contributed by atoms with E-state index in [0.717, 1.165) is 22.5 Å². The molecule has 31 heavy (non-hydrogen) atoms. The van der Waals surface area contributed by atoms with Crippen molar-refractivity contribution >= 4 is 38.8 Å². The van der Waals surface area contributed by atoms with Gasteiger partial charge in [0.15, 0.2) is 0 Å². The summed E-state index contributed by atoms with van der Waals surface area (Å²) in [4.78, 5) is 35.3. The molecule has 0 aliphatic rings. The van der Waals surface area contributed by atoms with Gasteiger partial charge in [0.25, 0.3) is 11.5 Å². The number of amides is 1. The van der Waals surface area contributed by atoms with Crippen LogP contribution >= 0.6 is 11.3 Å². The lowest BCUT2D eigenvalue weighted by Crippen LogP contribution is -2.17. The van der Waals surface area contributed by atoms with Crippen molar-refractivity contribution < 1.29 is 4.79 Å². The van der Waals surface area contributed by atoms with Gasteiger partial charge >= 0.3 is 0 Å². The number of aromatic nitrogens is 4. The summed E-state index contributed by atoms with van der Waals surface area (Å²) in [5, 5.41) is 3.42. The van der Waals surface area contributed by atoms with Gasteiger partial charge in [0.2, 0.25) is 0 Å². The number of pyridine rings is 1. The number of benzene rings is 1. The Morgan fingerprint density at radius 2 is 1.90 bits per heavy atom. The minimum Gasteiger partial charge on any atom is -0.321 e. The van der Waals surface area contributed by atoms with Crippen molar-refractivity contribution in [2.75, 3.05) is 5.32 Å². The van der Waals surface area contributed by atoms with Crippen molar-refractivity contribution in [3.8, 4) is 11.3 Å². The fraction of sp³-hybridized carbons (Fsp3) is 0.130. The molecule has 0 atom stereocenters. The van der Waals surface area contributed by atoms with Gasteiger partial charge in [0.05, 0.1) is 22.3 Å². The number of aryl methyl sites for hydroxylation is 3. The van der Waals surface area contributed by atoms with E-state index in [-0.39, 0.29) is 11.5 Å². The summed E-state index contributed by atoms with van der Waals surface area (Å²) >= 11 is 1.23. The van der Waals surface area contributed by atoms with Crippen LogP contribution in [0.15, 0.2) is 59.9 Å². The van der Waals surface area contributed by atoms with Gasteiger partial charge in [-0.2, -0.15) is 0 Å². The molecule has 0 fully saturated rings. The largest absolute Gasteiger partial charge is 0.321 e. The normalized spacial score (nSPS) is 11.3. The van der Waals surface area contributed by atoms with Crippen molar-refractivity contribution in [3.05, 3.63) is 81.5 Å². The molecule has 7 nitrogen and oxygen atoms in total. The van der Waals surface area contributed by atoms with E-state index in [4.69, 9.17) is 4.98 Å². The number of nitrogens with zero attached hydrogens (tertiary/aromatic N) is 4. The first kappa shape index (κ1) is 19.2. The second-order valence-corrected chi connectivity index (χ2v) is 8.48. The Morgan fingerprint density at radius 3 is 2.65 bits per heavy atom. The Hall–Kier alpha value is -3.78. The molecule has 0 unspecified atom stereocenters. The number of imidazole rings is 1. The molecule has 5 aromatic rings. The maximum atomic E-state index is 12.9. The van der Waals surface area contributed by atoms with Gasteiger partial charge < -0.3 is 14.3 Å². The zero-order valence-electron chi connectivity index (χ0n) is 17.2. The minimum absolute atomic E-state index is 0.148. The number of rotatable bonds is 3. The summed E-state index contributed by atoms with van der Waals surface area (Å²) in [6.45, 7) is 3.82. The lowest BCUT2D eigenvalue weighted by molar-refractivity contribution is 0.103. The fourth-order valence-corrected chi connectivity index (χ4v) is 4.66. The van der Waals surface area contributed by atoms with E-state index in [0.29, 0.717) is 26.3 Å². The molecule has 0 spiro atoms. The van der Waals surface area contributed by atoms with Crippen LogP contribution in [-0.4, -0.2) is 24.8 Å². The molecule has 1 N–H and O–H groups in total. The highest BCUT2D eigenvalue weighted by molar-refractivity contribution is 7.20. The molecule has 0 aliphatic heterocycles. The highest BCUT2D eigenvalue weighted by Crippen LogP contribution is 2.28. The SMILES string of the molecule is Cc1c(C(=O)Nc2ccc(-c3cn4cccc(C)c4n3)cc2)sc2ncn(C)c(=O)c12. The summed E-state index contributed by atoms with van der Waals surface area (Å²) in [6.07, 6.45) is 5.44. The summed E-state index contributed by atoms with van der Waals surface area (Å²) in [7, 11) is 1.65. The van der Waals surface area contributed by atoms with E-state index >= 15 is 0 Å². The topological polar surface area (TPSA) is 81.3 Å². The van der Waals surface area contributed by atoms with Crippen LogP contribution in [-0.2, 0) is 7.05 Å². The molecule has 4 aromatic heterocycles. The maximum absolute atomic E-state index is 12.9. The minimum atomic E-state index is -0.251. The lowest BCUT2D eigenvalue weighted by atomic mass is 10.1. The van der Waals surface area contributed by atoms with Crippen LogP contribution < -0.4 is 10.9 Å². The summed E-state index contributed by atoms with van der Waals surface area (Å²) in [5.41, 5.74) is 5.05. The Morgan fingerprint density at radius 1 is 1.13 bits per heavy atom. The van der Waals surface area contributed by atoms with Crippen molar-refractivity contribution in [2.24, 2.45) is 7.05 Å². The first-order chi connectivity index (χ1) is 14.9. The van der Waals surface area contributed by atoms with E-state index in [1.54, 1.807) is 14.0 Å². The number of nitrogens with one attached hydrogen (secondary N) is 1. The third-order valence-corrected chi connectivity index (χ3v) is 6.53. The van der Waals surface area contributed by atoms with Gasteiger partial charge in [-0.3, -0.25) is 9.59 Å². The van der Waals surface area contributed by atoms with Crippen molar-refractivity contribution in [3.63, 3.8) is 0 Å². The second-order valence-electron chi connectivity index (χ2n) is 7.48. The zero-order chi connectivity index (χ0) is 21.7. The van der Waals surface area contributed by atoms with Crippen LogP contribution in [0.5, 0.6) is 0 Å². The molecule has 0 aliphatic carbocycles. The van der Waals surface area contributed by atoms with Gasteiger partial charge in [0.1, 0.15) is 10.5 Å². The van der Waals surface area contributed by atoms with E-state index in [1.165, 1.54) is 22.2 Å². The molecule has 0 saturated carbocycles. The predicted molar refractivity (Wildman–Crippen MR) is 123 cm³/mol. The van der Waals surface area contributed by atoms with Crippen LogP contribution in [0.2, 0.25) is 0 Å². The Kier molecular flexibility index (Phi) is 4.44. The quantitative estimate of drug-likeness (QED) is 0.467. The molecule has 5 rings (SSSR count). The Balaban J connectivity index is 1.42. The summed E-state index contributed by atoms with van der Waals surface area (Å²) in [6, 6.07) is 11.6. The molecule has 154 valence electrons. The number of hydrogen-bond acceptors (Lipinski definition) is 5. The molecule has 0 saturated heterocycles. The van der Waals surface area contributed by atoms with E-state index < -0.39 is 0 Å². The van der Waals surface area contributed by atoms with Gasteiger partial charge in [-0.15, -0.1) is 11.3 Å². The summed E-state index contributed by atoms with van der Waals surface area (Å²) < 4.78 is 3.42. The fourth-order valence-electron chi connectivity index (χ4n) is 3.63. The Bertz CT molecular complexity index is 1530. The molecular formula is C23H19N5O2S. The molecule has 0 radical (unpaired) electrons. The van der Waals surface area contributed by atoms with Gasteiger partial charge in [-0.25, -0.2) is 9.97 Å². The number of thiophene rings is 1. The van der Waals surface area contributed by atoms with E-state index in [2.05, 4.69) is 10.3 Å². The number of hydrogen-bond donors (Lipinski definition) is 1. The van der Waals surface area contributed by atoms with Gasteiger partial charge in [-0.05, 0) is 43.2 Å². The number of anilines is 1. The monoisotopic (exact) mass is 429 g/mol. The number of fused-ring (bicyclic) bond motifs is 2. The first-order valence-electron chi connectivity index (χ1n) is 9.73. The Labute approximate surface area is 181 Å². The van der Waals surface area contributed by atoms with Crippen molar-refractivity contribution in [1.29, 1.82) is 0 Å². The van der Waals surface area contributed by atoms with Crippen LogP contribution in [0.4, 0.5) is 5.69 Å². The van der Waals surface area contributed by atoms with Crippen molar-refractivity contribution in [2.45, 2.75) is 13.8 Å². The molecule has 1 aromatic carbocycles. The standard InChI is InChI=1S/C23H19N5O2S/c1-13-5-4-10-28-11-17(26-20(13)28)15-6-8-16(9-7-15)25-21(29)19-14(2)18-22(31-19)24-12-27(3)23(18)30/h4-12H,1-3H3,(H,25,29). The molecule has 1 amide bonds. The van der Waals surface area contributed by atoms with Crippen LogP contribution in [0.25, 0.3) is 27.1 Å². The molecule has 4 heterocycles. The summed E-state index contributed by atoms with van der Waals surface area (Å²) in [5.74, 6) is -0.251. The molecule has 8 heteroatoms. The van der Waals surface area contributed by atoms with E-state index in [9.17, 15) is 9.59 Å². The third-order valence-electron chi connectivity index (χ3n) is 5.33. The highest BCUT2D eigenvalue weighted by atomic mass is 32.1. The predicted octanol–water partition coefficient (Wildman–Crippen LogP) is 4.18. The number of carbonyl (C=O) groups is 1. The van der Waals surface area contributed by atoms with Crippen LogP contribution in [0.3, 0.4) is 0 Å².